The first-order valence-corrected chi connectivity index (χ1v) is 10.5. The van der Waals surface area contributed by atoms with Crippen molar-refractivity contribution in [3.05, 3.63) is 47.6 Å². The maximum absolute atomic E-state index is 14.2. The predicted molar refractivity (Wildman–Crippen MR) is 109 cm³/mol. The lowest BCUT2D eigenvalue weighted by Gasteiger charge is -2.22. The molecule has 9 heteroatoms. The van der Waals surface area contributed by atoms with Gasteiger partial charge in [0, 0.05) is 13.1 Å². The number of carbonyl (C=O) groups is 1. The highest BCUT2D eigenvalue weighted by Gasteiger charge is 2.21. The second-order valence-corrected chi connectivity index (χ2v) is 7.61. The zero-order valence-electron chi connectivity index (χ0n) is 15.2. The van der Waals surface area contributed by atoms with Gasteiger partial charge in [-0.3, -0.25) is 4.79 Å². The van der Waals surface area contributed by atoms with Crippen LogP contribution in [-0.2, 0) is 11.3 Å². The Hall–Kier alpha value is -2.70. The summed E-state index contributed by atoms with van der Waals surface area (Å²) in [5.74, 6) is 0.0644. The Morgan fingerprint density at radius 3 is 2.82 bits per heavy atom. The number of thiophene rings is 1. The number of nitrogens with zero attached hydrogens (tertiary/aromatic N) is 5. The van der Waals surface area contributed by atoms with E-state index < -0.39 is 5.82 Å². The standard InChI is InChI=1S/C19H18FN5OS2/c1-2-24-18(16-9-5-12-27-16)22-23-19(24)28-13-17(26)25(11-6-10-21)15-8-4-3-7-14(15)20/h3-5,7-9,12H,2,6,11,13H2,1H3. The Labute approximate surface area is 170 Å². The number of halogens is 1. The monoisotopic (exact) mass is 415 g/mol. The van der Waals surface area contributed by atoms with Crippen LogP contribution in [0.4, 0.5) is 10.1 Å². The number of aromatic nitrogens is 3. The number of carbonyl (C=O) groups excluding carboxylic acids is 1. The highest BCUT2D eigenvalue weighted by atomic mass is 32.2. The molecule has 0 N–H and O–H groups in total. The van der Waals surface area contributed by atoms with Crippen LogP contribution < -0.4 is 4.90 Å². The summed E-state index contributed by atoms with van der Waals surface area (Å²) in [6.07, 6.45) is 0.123. The second-order valence-electron chi connectivity index (χ2n) is 5.72. The molecule has 2 aromatic heterocycles. The molecular weight excluding hydrogens is 397 g/mol. The molecule has 3 rings (SSSR count). The lowest BCUT2D eigenvalue weighted by atomic mass is 10.2. The van der Waals surface area contributed by atoms with Gasteiger partial charge in [-0.1, -0.05) is 30.0 Å². The molecule has 0 atom stereocenters. The number of hydrogen-bond donors (Lipinski definition) is 0. The quantitative estimate of drug-likeness (QED) is 0.515. The van der Waals surface area contributed by atoms with E-state index in [4.69, 9.17) is 5.26 Å². The molecule has 0 saturated heterocycles. The van der Waals surface area contributed by atoms with Gasteiger partial charge in [0.25, 0.3) is 0 Å². The van der Waals surface area contributed by atoms with Gasteiger partial charge in [0.05, 0.1) is 28.8 Å². The molecule has 0 fully saturated rings. The van der Waals surface area contributed by atoms with E-state index in [1.54, 1.807) is 29.5 Å². The van der Waals surface area contributed by atoms with Gasteiger partial charge in [-0.15, -0.1) is 21.5 Å². The van der Waals surface area contributed by atoms with Crippen molar-refractivity contribution in [3.8, 4) is 16.8 Å². The van der Waals surface area contributed by atoms with E-state index in [1.807, 2.05) is 35.1 Å². The fraction of sp³-hybridized carbons (Fsp3) is 0.263. The van der Waals surface area contributed by atoms with Crippen molar-refractivity contribution in [2.24, 2.45) is 0 Å². The van der Waals surface area contributed by atoms with Crippen molar-refractivity contribution in [2.45, 2.75) is 25.0 Å². The van der Waals surface area contributed by atoms with E-state index in [2.05, 4.69) is 10.2 Å². The van der Waals surface area contributed by atoms with Crippen LogP contribution in [0.3, 0.4) is 0 Å². The van der Waals surface area contributed by atoms with E-state index in [-0.39, 0.29) is 30.3 Å². The Morgan fingerprint density at radius 2 is 2.14 bits per heavy atom. The molecule has 0 saturated carbocycles. The first kappa shape index (κ1) is 20.0. The molecule has 1 amide bonds. The highest BCUT2D eigenvalue weighted by molar-refractivity contribution is 7.99. The van der Waals surface area contributed by atoms with Crippen molar-refractivity contribution < 1.29 is 9.18 Å². The summed E-state index contributed by atoms with van der Waals surface area (Å²) in [6.45, 7) is 2.80. The van der Waals surface area contributed by atoms with Gasteiger partial charge in [-0.05, 0) is 30.5 Å². The molecule has 0 aliphatic rings. The Bertz CT molecular complexity index is 981. The van der Waals surface area contributed by atoms with Crippen LogP contribution in [0.1, 0.15) is 13.3 Å². The topological polar surface area (TPSA) is 74.8 Å². The lowest BCUT2D eigenvalue weighted by molar-refractivity contribution is -0.116. The molecule has 0 spiro atoms. The van der Waals surface area contributed by atoms with Gasteiger partial charge in [-0.2, -0.15) is 5.26 Å². The third kappa shape index (κ3) is 4.40. The normalized spacial score (nSPS) is 10.6. The Kier molecular flexibility index (Phi) is 6.79. The van der Waals surface area contributed by atoms with Crippen LogP contribution in [0.25, 0.3) is 10.7 Å². The molecule has 3 aromatic rings. The Morgan fingerprint density at radius 1 is 1.32 bits per heavy atom. The van der Waals surface area contributed by atoms with E-state index in [0.29, 0.717) is 11.7 Å². The van der Waals surface area contributed by atoms with Crippen LogP contribution in [0.2, 0.25) is 0 Å². The van der Waals surface area contributed by atoms with Crippen LogP contribution in [0, 0.1) is 17.1 Å². The summed E-state index contributed by atoms with van der Waals surface area (Å²) in [4.78, 5) is 15.1. The van der Waals surface area contributed by atoms with Crippen molar-refractivity contribution >= 4 is 34.7 Å². The van der Waals surface area contributed by atoms with Crippen molar-refractivity contribution in [1.29, 1.82) is 5.26 Å². The van der Waals surface area contributed by atoms with Crippen molar-refractivity contribution in [1.82, 2.24) is 14.8 Å². The minimum Gasteiger partial charge on any atom is -0.308 e. The number of thioether (sulfide) groups is 1. The summed E-state index contributed by atoms with van der Waals surface area (Å²) in [7, 11) is 0. The van der Waals surface area contributed by atoms with Crippen molar-refractivity contribution in [3.63, 3.8) is 0 Å². The number of amides is 1. The third-order valence-electron chi connectivity index (χ3n) is 3.99. The molecule has 1 aromatic carbocycles. The zero-order chi connectivity index (χ0) is 19.9. The first-order chi connectivity index (χ1) is 13.7. The molecule has 28 heavy (non-hydrogen) atoms. The second kappa shape index (κ2) is 9.48. The van der Waals surface area contributed by atoms with Crippen LogP contribution in [0.15, 0.2) is 46.9 Å². The SMILES string of the molecule is CCn1c(SCC(=O)N(CCC#N)c2ccccc2F)nnc1-c1cccs1. The minimum atomic E-state index is -0.490. The molecule has 0 aliphatic carbocycles. The third-order valence-corrected chi connectivity index (χ3v) is 5.81. The van der Waals surface area contributed by atoms with Gasteiger partial charge >= 0.3 is 0 Å². The van der Waals surface area contributed by atoms with E-state index in [1.165, 1.54) is 22.7 Å². The number of nitriles is 1. The zero-order valence-corrected chi connectivity index (χ0v) is 16.8. The van der Waals surface area contributed by atoms with Gasteiger partial charge in [0.1, 0.15) is 5.82 Å². The van der Waals surface area contributed by atoms with Crippen molar-refractivity contribution in [2.75, 3.05) is 17.2 Å². The van der Waals surface area contributed by atoms with Gasteiger partial charge < -0.3 is 9.47 Å². The summed E-state index contributed by atoms with van der Waals surface area (Å²) in [5.41, 5.74) is 0.180. The summed E-state index contributed by atoms with van der Waals surface area (Å²) in [5, 5.41) is 19.9. The molecule has 144 valence electrons. The number of hydrogen-bond acceptors (Lipinski definition) is 6. The maximum atomic E-state index is 14.2. The fourth-order valence-corrected chi connectivity index (χ4v) is 4.28. The number of para-hydroxylation sites is 1. The predicted octanol–water partition coefficient (Wildman–Crippen LogP) is 4.20. The number of anilines is 1. The van der Waals surface area contributed by atoms with E-state index in [0.717, 1.165) is 10.7 Å². The summed E-state index contributed by atoms with van der Waals surface area (Å²) < 4.78 is 16.1. The average molecular weight is 416 g/mol. The molecular formula is C19H18FN5OS2. The highest BCUT2D eigenvalue weighted by Crippen LogP contribution is 2.28. The summed E-state index contributed by atoms with van der Waals surface area (Å²) in [6, 6.07) is 12.0. The van der Waals surface area contributed by atoms with Gasteiger partial charge in [0.15, 0.2) is 11.0 Å². The molecule has 0 bridgehead atoms. The van der Waals surface area contributed by atoms with Crippen LogP contribution >= 0.6 is 23.1 Å². The lowest BCUT2D eigenvalue weighted by Crippen LogP contribution is -2.34. The van der Waals surface area contributed by atoms with E-state index in [9.17, 15) is 9.18 Å². The largest absolute Gasteiger partial charge is 0.308 e. The fourth-order valence-electron chi connectivity index (χ4n) is 2.68. The van der Waals surface area contributed by atoms with Crippen LogP contribution in [0.5, 0.6) is 0 Å². The minimum absolute atomic E-state index is 0.0718. The molecule has 0 aliphatic heterocycles. The number of benzene rings is 1. The van der Waals surface area contributed by atoms with Crippen LogP contribution in [-0.4, -0.2) is 33.0 Å². The maximum Gasteiger partial charge on any atom is 0.237 e. The smallest absolute Gasteiger partial charge is 0.237 e. The average Bonchev–Trinajstić information content (AvgIpc) is 3.37. The molecule has 6 nitrogen and oxygen atoms in total. The molecule has 2 heterocycles. The Balaban J connectivity index is 1.76. The first-order valence-electron chi connectivity index (χ1n) is 8.67. The molecule has 0 unspecified atom stereocenters. The van der Waals surface area contributed by atoms with Gasteiger partial charge in [-0.25, -0.2) is 4.39 Å². The van der Waals surface area contributed by atoms with Gasteiger partial charge in [0.2, 0.25) is 5.91 Å². The summed E-state index contributed by atoms with van der Waals surface area (Å²) >= 11 is 2.83. The van der Waals surface area contributed by atoms with E-state index >= 15 is 0 Å². The molecule has 0 radical (unpaired) electrons. The number of rotatable bonds is 8.